The van der Waals surface area contributed by atoms with E-state index in [2.05, 4.69) is 26.3 Å². The van der Waals surface area contributed by atoms with Gasteiger partial charge in [-0.15, -0.1) is 0 Å². The minimum absolute atomic E-state index is 0.590. The van der Waals surface area contributed by atoms with Gasteiger partial charge in [0.15, 0.2) is 0 Å². The number of rotatable bonds is 4. The summed E-state index contributed by atoms with van der Waals surface area (Å²) in [5.74, 6) is 1.40. The third-order valence-electron chi connectivity index (χ3n) is 2.76. The van der Waals surface area contributed by atoms with Crippen molar-refractivity contribution < 1.29 is 4.84 Å². The summed E-state index contributed by atoms with van der Waals surface area (Å²) in [6.45, 7) is 7.48. The van der Waals surface area contributed by atoms with Crippen LogP contribution in [0.2, 0.25) is 0 Å². The summed E-state index contributed by atoms with van der Waals surface area (Å²) >= 11 is 0. The molecule has 1 rings (SSSR count). The molecule has 1 saturated carbocycles. The van der Waals surface area contributed by atoms with Crippen molar-refractivity contribution in [2.75, 3.05) is 6.61 Å². The highest BCUT2D eigenvalue weighted by atomic mass is 16.6. The van der Waals surface area contributed by atoms with Gasteiger partial charge in [0, 0.05) is 6.04 Å². The van der Waals surface area contributed by atoms with E-state index >= 15 is 0 Å². The monoisotopic (exact) mass is 185 g/mol. The van der Waals surface area contributed by atoms with E-state index in [-0.39, 0.29) is 0 Å². The molecule has 0 aromatic rings. The summed E-state index contributed by atoms with van der Waals surface area (Å²) in [7, 11) is 0. The van der Waals surface area contributed by atoms with Crippen LogP contribution in [0.5, 0.6) is 0 Å². The lowest BCUT2D eigenvalue weighted by atomic mass is 9.86. The highest BCUT2D eigenvalue weighted by Gasteiger charge is 2.20. The molecule has 0 aromatic carbocycles. The van der Waals surface area contributed by atoms with E-state index in [1.54, 1.807) is 0 Å². The Kier molecular flexibility index (Phi) is 4.74. The van der Waals surface area contributed by atoms with E-state index < -0.39 is 0 Å². The van der Waals surface area contributed by atoms with E-state index in [4.69, 9.17) is 4.84 Å². The van der Waals surface area contributed by atoms with Gasteiger partial charge in [0.05, 0.1) is 6.61 Å². The molecule has 0 radical (unpaired) electrons. The highest BCUT2D eigenvalue weighted by Crippen LogP contribution is 2.23. The number of hydrogen-bond donors (Lipinski definition) is 1. The fraction of sp³-hybridized carbons (Fsp3) is 1.00. The maximum absolute atomic E-state index is 5.45. The molecule has 1 fully saturated rings. The average molecular weight is 185 g/mol. The SMILES string of the molecule is CC(C)CONC1CCCCC1C. The van der Waals surface area contributed by atoms with Crippen LogP contribution in [-0.4, -0.2) is 12.6 Å². The van der Waals surface area contributed by atoms with Gasteiger partial charge in [0.1, 0.15) is 0 Å². The molecule has 0 bridgehead atoms. The Morgan fingerprint density at radius 1 is 1.31 bits per heavy atom. The molecule has 1 N–H and O–H groups in total. The molecular weight excluding hydrogens is 162 g/mol. The molecule has 2 atom stereocenters. The quantitative estimate of drug-likeness (QED) is 0.680. The largest absolute Gasteiger partial charge is 0.301 e. The molecule has 1 aliphatic carbocycles. The van der Waals surface area contributed by atoms with Crippen LogP contribution >= 0.6 is 0 Å². The molecule has 0 spiro atoms. The normalized spacial score (nSPS) is 29.5. The lowest BCUT2D eigenvalue weighted by Crippen LogP contribution is -2.37. The summed E-state index contributed by atoms with van der Waals surface area (Å²) < 4.78 is 0. The lowest BCUT2D eigenvalue weighted by Gasteiger charge is -2.29. The standard InChI is InChI=1S/C11H23NO/c1-9(2)8-13-12-11-7-5-4-6-10(11)3/h9-12H,4-8H2,1-3H3. The molecule has 2 heteroatoms. The van der Waals surface area contributed by atoms with Crippen molar-refractivity contribution in [1.29, 1.82) is 0 Å². The molecule has 0 aromatic heterocycles. The Hall–Kier alpha value is -0.0800. The maximum Gasteiger partial charge on any atom is 0.0705 e. The van der Waals surface area contributed by atoms with Crippen LogP contribution in [0, 0.1) is 11.8 Å². The molecule has 0 aliphatic heterocycles. The molecule has 0 amide bonds. The van der Waals surface area contributed by atoms with Gasteiger partial charge in [0.2, 0.25) is 0 Å². The second-order valence-electron chi connectivity index (χ2n) is 4.69. The Balaban J connectivity index is 2.11. The highest BCUT2D eigenvalue weighted by molar-refractivity contribution is 4.75. The van der Waals surface area contributed by atoms with Gasteiger partial charge >= 0.3 is 0 Å². The minimum atomic E-state index is 0.590. The second kappa shape index (κ2) is 5.61. The van der Waals surface area contributed by atoms with Gasteiger partial charge < -0.3 is 4.84 Å². The van der Waals surface area contributed by atoms with Crippen LogP contribution in [0.4, 0.5) is 0 Å². The topological polar surface area (TPSA) is 21.3 Å². The molecule has 0 saturated heterocycles. The Labute approximate surface area is 82.0 Å². The van der Waals surface area contributed by atoms with Crippen molar-refractivity contribution in [2.24, 2.45) is 11.8 Å². The van der Waals surface area contributed by atoms with Crippen LogP contribution in [-0.2, 0) is 4.84 Å². The summed E-state index contributed by atoms with van der Waals surface area (Å²) in [5.41, 5.74) is 3.20. The molecule has 2 unspecified atom stereocenters. The Morgan fingerprint density at radius 3 is 2.62 bits per heavy atom. The average Bonchev–Trinajstić information content (AvgIpc) is 2.08. The van der Waals surface area contributed by atoms with E-state index in [9.17, 15) is 0 Å². The number of nitrogens with one attached hydrogen (secondary N) is 1. The molecule has 13 heavy (non-hydrogen) atoms. The molecule has 1 aliphatic rings. The summed E-state index contributed by atoms with van der Waals surface area (Å²) in [4.78, 5) is 5.45. The maximum atomic E-state index is 5.45. The molecule has 2 nitrogen and oxygen atoms in total. The first kappa shape index (κ1) is 11.0. The predicted octanol–water partition coefficient (Wildman–Crippen LogP) is 2.74. The fourth-order valence-electron chi connectivity index (χ4n) is 1.81. The van der Waals surface area contributed by atoms with Gasteiger partial charge in [-0.2, -0.15) is 5.48 Å². The summed E-state index contributed by atoms with van der Waals surface area (Å²) in [5, 5.41) is 0. The third-order valence-corrected chi connectivity index (χ3v) is 2.76. The first-order valence-corrected chi connectivity index (χ1v) is 5.57. The van der Waals surface area contributed by atoms with Gasteiger partial charge in [-0.1, -0.05) is 33.6 Å². The van der Waals surface area contributed by atoms with Gasteiger partial charge in [0.25, 0.3) is 0 Å². The van der Waals surface area contributed by atoms with E-state index in [1.165, 1.54) is 25.7 Å². The lowest BCUT2D eigenvalue weighted by molar-refractivity contribution is -0.0190. The van der Waals surface area contributed by atoms with Crippen molar-refractivity contribution in [1.82, 2.24) is 5.48 Å². The van der Waals surface area contributed by atoms with Crippen LogP contribution in [0.3, 0.4) is 0 Å². The van der Waals surface area contributed by atoms with Crippen LogP contribution in [0.15, 0.2) is 0 Å². The first-order valence-electron chi connectivity index (χ1n) is 5.57. The minimum Gasteiger partial charge on any atom is -0.301 e. The van der Waals surface area contributed by atoms with Crippen LogP contribution in [0.25, 0.3) is 0 Å². The zero-order chi connectivity index (χ0) is 9.68. The fourth-order valence-corrected chi connectivity index (χ4v) is 1.81. The van der Waals surface area contributed by atoms with Crippen LogP contribution < -0.4 is 5.48 Å². The van der Waals surface area contributed by atoms with Gasteiger partial charge in [-0.3, -0.25) is 0 Å². The first-order chi connectivity index (χ1) is 6.20. The second-order valence-corrected chi connectivity index (χ2v) is 4.69. The van der Waals surface area contributed by atoms with Crippen LogP contribution in [0.1, 0.15) is 46.5 Å². The van der Waals surface area contributed by atoms with Crippen molar-refractivity contribution in [2.45, 2.75) is 52.5 Å². The van der Waals surface area contributed by atoms with Gasteiger partial charge in [-0.05, 0) is 24.7 Å². The van der Waals surface area contributed by atoms with E-state index in [0.717, 1.165) is 12.5 Å². The van der Waals surface area contributed by atoms with E-state index in [0.29, 0.717) is 12.0 Å². The summed E-state index contributed by atoms with van der Waals surface area (Å²) in [6, 6.07) is 0.590. The summed E-state index contributed by atoms with van der Waals surface area (Å²) in [6.07, 6.45) is 5.37. The Bertz CT molecular complexity index is 136. The van der Waals surface area contributed by atoms with E-state index in [1.807, 2.05) is 0 Å². The number of hydroxylamine groups is 1. The molecule has 78 valence electrons. The smallest absolute Gasteiger partial charge is 0.0705 e. The van der Waals surface area contributed by atoms with Crippen molar-refractivity contribution in [3.05, 3.63) is 0 Å². The number of hydrogen-bond acceptors (Lipinski definition) is 2. The zero-order valence-electron chi connectivity index (χ0n) is 9.18. The van der Waals surface area contributed by atoms with Crippen molar-refractivity contribution in [3.63, 3.8) is 0 Å². The predicted molar refractivity (Wildman–Crippen MR) is 55.3 cm³/mol. The molecule has 0 heterocycles. The van der Waals surface area contributed by atoms with Crippen molar-refractivity contribution in [3.8, 4) is 0 Å². The zero-order valence-corrected chi connectivity index (χ0v) is 9.18. The van der Waals surface area contributed by atoms with Crippen molar-refractivity contribution >= 4 is 0 Å². The Morgan fingerprint density at radius 2 is 2.00 bits per heavy atom. The third kappa shape index (κ3) is 4.10. The molecular formula is C11H23NO. The van der Waals surface area contributed by atoms with Gasteiger partial charge in [-0.25, -0.2) is 0 Å².